The minimum atomic E-state index is -0.359. The summed E-state index contributed by atoms with van der Waals surface area (Å²) in [5, 5.41) is 15.3. The van der Waals surface area contributed by atoms with Crippen LogP contribution in [-0.2, 0) is 0 Å². The Kier molecular flexibility index (Phi) is 2.25. The minimum Gasteiger partial charge on any atom is -0.388 e. The van der Waals surface area contributed by atoms with E-state index in [1.54, 1.807) is 25.2 Å². The number of hydrogen-bond acceptors (Lipinski definition) is 3. The second kappa shape index (κ2) is 3.57. The van der Waals surface area contributed by atoms with Gasteiger partial charge in [-0.05, 0) is 12.1 Å². The average molecular weight is 202 g/mol. The van der Waals surface area contributed by atoms with E-state index in [2.05, 4.69) is 5.32 Å². The van der Waals surface area contributed by atoms with Crippen molar-refractivity contribution in [3.05, 3.63) is 46.5 Å². The molecule has 0 radical (unpaired) electrons. The van der Waals surface area contributed by atoms with Crippen molar-refractivity contribution in [2.75, 3.05) is 12.4 Å². The maximum absolute atomic E-state index is 10.8. The first-order valence-electron chi connectivity index (χ1n) is 4.58. The van der Waals surface area contributed by atoms with Crippen LogP contribution >= 0.6 is 0 Å². The van der Waals surface area contributed by atoms with Crippen molar-refractivity contribution >= 4 is 22.1 Å². The number of non-ortho nitro benzene ring substituents is 1. The fourth-order valence-corrected chi connectivity index (χ4v) is 1.66. The van der Waals surface area contributed by atoms with E-state index in [0.29, 0.717) is 5.39 Å². The number of rotatable bonds is 2. The van der Waals surface area contributed by atoms with E-state index in [4.69, 9.17) is 0 Å². The normalized spacial score (nSPS) is 10.2. The second-order valence-corrected chi connectivity index (χ2v) is 3.18. The summed E-state index contributed by atoms with van der Waals surface area (Å²) in [4.78, 5) is 10.4. The van der Waals surface area contributed by atoms with Crippen LogP contribution in [-0.4, -0.2) is 12.0 Å². The topological polar surface area (TPSA) is 55.2 Å². The molecule has 0 amide bonds. The maximum atomic E-state index is 10.8. The molecule has 0 unspecified atom stereocenters. The zero-order valence-electron chi connectivity index (χ0n) is 8.23. The molecule has 0 aliphatic carbocycles. The van der Waals surface area contributed by atoms with Crippen LogP contribution in [0.3, 0.4) is 0 Å². The highest BCUT2D eigenvalue weighted by atomic mass is 16.6. The van der Waals surface area contributed by atoms with Gasteiger partial charge in [0.05, 0.1) is 10.3 Å². The van der Waals surface area contributed by atoms with Gasteiger partial charge in [-0.1, -0.05) is 18.2 Å². The predicted molar refractivity (Wildman–Crippen MR) is 60.1 cm³/mol. The SMILES string of the molecule is CNc1ccc([N+](=O)[O-])c2ccccc12. The Morgan fingerprint density at radius 1 is 1.13 bits per heavy atom. The Balaban J connectivity index is 2.83. The number of nitro groups is 1. The molecule has 0 heterocycles. The van der Waals surface area contributed by atoms with E-state index < -0.39 is 0 Å². The Morgan fingerprint density at radius 3 is 2.40 bits per heavy atom. The van der Waals surface area contributed by atoms with Gasteiger partial charge in [-0.2, -0.15) is 0 Å². The Hall–Kier alpha value is -2.10. The van der Waals surface area contributed by atoms with Crippen LogP contribution in [0, 0.1) is 10.1 Å². The summed E-state index contributed by atoms with van der Waals surface area (Å²) in [6.07, 6.45) is 0. The van der Waals surface area contributed by atoms with Gasteiger partial charge in [0.25, 0.3) is 5.69 Å². The lowest BCUT2D eigenvalue weighted by Crippen LogP contribution is -1.93. The lowest BCUT2D eigenvalue weighted by atomic mass is 10.1. The largest absolute Gasteiger partial charge is 0.388 e. The van der Waals surface area contributed by atoms with E-state index >= 15 is 0 Å². The number of benzene rings is 2. The standard InChI is InChI=1S/C11H10N2O2/c1-12-10-6-7-11(13(14)15)9-5-3-2-4-8(9)10/h2-7,12H,1H3. The monoisotopic (exact) mass is 202 g/mol. The number of nitrogens with one attached hydrogen (secondary N) is 1. The third-order valence-corrected chi connectivity index (χ3v) is 2.37. The van der Waals surface area contributed by atoms with Gasteiger partial charge in [0.15, 0.2) is 0 Å². The third kappa shape index (κ3) is 1.50. The molecule has 4 nitrogen and oxygen atoms in total. The van der Waals surface area contributed by atoms with Crippen LogP contribution in [0.5, 0.6) is 0 Å². The molecule has 2 aromatic carbocycles. The molecular weight excluding hydrogens is 192 g/mol. The fraction of sp³-hybridized carbons (Fsp3) is 0.0909. The molecule has 2 aromatic rings. The summed E-state index contributed by atoms with van der Waals surface area (Å²) in [6.45, 7) is 0. The summed E-state index contributed by atoms with van der Waals surface area (Å²) in [6, 6.07) is 10.5. The smallest absolute Gasteiger partial charge is 0.277 e. The van der Waals surface area contributed by atoms with Gasteiger partial charge in [-0.25, -0.2) is 0 Å². The van der Waals surface area contributed by atoms with Crippen LogP contribution in [0.25, 0.3) is 10.8 Å². The molecule has 0 spiro atoms. The summed E-state index contributed by atoms with van der Waals surface area (Å²) < 4.78 is 0. The molecule has 0 atom stereocenters. The summed E-state index contributed by atoms with van der Waals surface area (Å²) in [5.74, 6) is 0. The molecule has 2 rings (SSSR count). The Morgan fingerprint density at radius 2 is 1.80 bits per heavy atom. The highest BCUT2D eigenvalue weighted by molar-refractivity contribution is 5.99. The van der Waals surface area contributed by atoms with E-state index in [9.17, 15) is 10.1 Å². The van der Waals surface area contributed by atoms with E-state index in [1.165, 1.54) is 6.07 Å². The minimum absolute atomic E-state index is 0.143. The van der Waals surface area contributed by atoms with Crippen molar-refractivity contribution in [3.63, 3.8) is 0 Å². The van der Waals surface area contributed by atoms with Crippen LogP contribution in [0.2, 0.25) is 0 Å². The molecule has 0 saturated heterocycles. The zero-order valence-corrected chi connectivity index (χ0v) is 8.23. The van der Waals surface area contributed by atoms with Gasteiger partial charge >= 0.3 is 0 Å². The van der Waals surface area contributed by atoms with Gasteiger partial charge < -0.3 is 5.32 Å². The Bertz CT molecular complexity index is 523. The van der Waals surface area contributed by atoms with Gasteiger partial charge in [-0.15, -0.1) is 0 Å². The summed E-state index contributed by atoms with van der Waals surface area (Å²) in [7, 11) is 1.80. The number of hydrogen-bond donors (Lipinski definition) is 1. The predicted octanol–water partition coefficient (Wildman–Crippen LogP) is 2.79. The molecule has 0 aliphatic rings. The molecule has 0 aromatic heterocycles. The van der Waals surface area contributed by atoms with Crippen molar-refractivity contribution in [1.82, 2.24) is 0 Å². The lowest BCUT2D eigenvalue weighted by molar-refractivity contribution is -0.383. The number of fused-ring (bicyclic) bond motifs is 1. The lowest BCUT2D eigenvalue weighted by Gasteiger charge is -2.05. The zero-order chi connectivity index (χ0) is 10.8. The molecule has 0 fully saturated rings. The van der Waals surface area contributed by atoms with Gasteiger partial charge in [0, 0.05) is 24.2 Å². The molecule has 0 saturated carbocycles. The highest BCUT2D eigenvalue weighted by Crippen LogP contribution is 2.30. The number of anilines is 1. The highest BCUT2D eigenvalue weighted by Gasteiger charge is 2.12. The average Bonchev–Trinajstić information content (AvgIpc) is 2.27. The number of nitrogens with zero attached hydrogens (tertiary/aromatic N) is 1. The first-order chi connectivity index (χ1) is 7.24. The van der Waals surface area contributed by atoms with Crippen molar-refractivity contribution < 1.29 is 4.92 Å². The molecule has 15 heavy (non-hydrogen) atoms. The van der Waals surface area contributed by atoms with E-state index in [1.807, 2.05) is 12.1 Å². The Labute approximate surface area is 86.7 Å². The third-order valence-electron chi connectivity index (χ3n) is 2.37. The number of nitro benzene ring substituents is 1. The fourth-order valence-electron chi connectivity index (χ4n) is 1.66. The molecule has 76 valence electrons. The van der Waals surface area contributed by atoms with Crippen LogP contribution in [0.1, 0.15) is 0 Å². The van der Waals surface area contributed by atoms with Crippen molar-refractivity contribution in [3.8, 4) is 0 Å². The van der Waals surface area contributed by atoms with E-state index in [0.717, 1.165) is 11.1 Å². The van der Waals surface area contributed by atoms with E-state index in [-0.39, 0.29) is 10.6 Å². The maximum Gasteiger partial charge on any atom is 0.277 e. The molecular formula is C11H10N2O2. The van der Waals surface area contributed by atoms with Crippen molar-refractivity contribution in [2.24, 2.45) is 0 Å². The van der Waals surface area contributed by atoms with Crippen LogP contribution in [0.15, 0.2) is 36.4 Å². The summed E-state index contributed by atoms with van der Waals surface area (Å²) >= 11 is 0. The first kappa shape index (κ1) is 9.45. The molecule has 4 heteroatoms. The quantitative estimate of drug-likeness (QED) is 0.601. The van der Waals surface area contributed by atoms with Gasteiger partial charge in [0.1, 0.15) is 0 Å². The second-order valence-electron chi connectivity index (χ2n) is 3.18. The van der Waals surface area contributed by atoms with Crippen molar-refractivity contribution in [1.29, 1.82) is 0 Å². The molecule has 0 aliphatic heterocycles. The first-order valence-corrected chi connectivity index (χ1v) is 4.58. The van der Waals surface area contributed by atoms with Crippen LogP contribution in [0.4, 0.5) is 11.4 Å². The van der Waals surface area contributed by atoms with Crippen molar-refractivity contribution in [2.45, 2.75) is 0 Å². The molecule has 0 bridgehead atoms. The van der Waals surface area contributed by atoms with Crippen LogP contribution < -0.4 is 5.32 Å². The summed E-state index contributed by atoms with van der Waals surface area (Å²) in [5.41, 5.74) is 1.04. The van der Waals surface area contributed by atoms with Gasteiger partial charge in [-0.3, -0.25) is 10.1 Å². The van der Waals surface area contributed by atoms with Gasteiger partial charge in [0.2, 0.25) is 0 Å². The molecule has 1 N–H and O–H groups in total.